The number of nitrogens with one attached hydrogen (secondary N) is 2. The molecule has 1 aliphatic heterocycles. The average molecular weight is 440 g/mol. The summed E-state index contributed by atoms with van der Waals surface area (Å²) in [6, 6.07) is 0.273. The molecule has 136 valence electrons. The molecule has 7 heteroatoms. The summed E-state index contributed by atoms with van der Waals surface area (Å²) < 4.78 is 5.52. The summed E-state index contributed by atoms with van der Waals surface area (Å²) in [6.45, 7) is 9.87. The molecule has 1 rings (SSSR count). The standard InChI is InChI=1S/C16H32N4O2.HI/c1-5-6-10-22-11-8-18-16(17-4)19-14-7-9-20(12-14)15(21)13(2)3;/h13-14H,5-12H2,1-4H3,(H2,17,18,19);1H. The molecule has 0 radical (unpaired) electrons. The molecule has 0 aliphatic carbocycles. The van der Waals surface area contributed by atoms with Crippen LogP contribution in [-0.4, -0.2) is 62.7 Å². The second kappa shape index (κ2) is 12.8. The van der Waals surface area contributed by atoms with Crippen LogP contribution in [0.3, 0.4) is 0 Å². The minimum absolute atomic E-state index is 0. The minimum Gasteiger partial charge on any atom is -0.380 e. The van der Waals surface area contributed by atoms with Crippen molar-refractivity contribution in [2.24, 2.45) is 10.9 Å². The Bertz CT molecular complexity index is 364. The van der Waals surface area contributed by atoms with Gasteiger partial charge in [-0.15, -0.1) is 24.0 Å². The number of rotatable bonds is 8. The summed E-state index contributed by atoms with van der Waals surface area (Å²) in [5.41, 5.74) is 0. The van der Waals surface area contributed by atoms with Gasteiger partial charge in [-0.1, -0.05) is 27.2 Å². The zero-order valence-electron chi connectivity index (χ0n) is 14.9. The third-order valence-corrected chi connectivity index (χ3v) is 3.74. The smallest absolute Gasteiger partial charge is 0.225 e. The van der Waals surface area contributed by atoms with Crippen LogP contribution in [0.15, 0.2) is 4.99 Å². The van der Waals surface area contributed by atoms with E-state index >= 15 is 0 Å². The van der Waals surface area contributed by atoms with Crippen LogP contribution >= 0.6 is 24.0 Å². The van der Waals surface area contributed by atoms with Gasteiger partial charge in [-0.2, -0.15) is 0 Å². The number of carbonyl (C=O) groups is 1. The van der Waals surface area contributed by atoms with E-state index in [1.54, 1.807) is 7.05 Å². The number of guanidine groups is 1. The number of halogens is 1. The SMILES string of the molecule is CCCCOCCNC(=NC)NC1CCN(C(=O)C(C)C)C1.I. The molecule has 0 aromatic heterocycles. The van der Waals surface area contributed by atoms with Crippen LogP contribution < -0.4 is 10.6 Å². The molecule has 1 fully saturated rings. The molecular weight excluding hydrogens is 407 g/mol. The highest BCUT2D eigenvalue weighted by Crippen LogP contribution is 2.12. The molecule has 0 bridgehead atoms. The summed E-state index contributed by atoms with van der Waals surface area (Å²) in [5.74, 6) is 1.08. The fourth-order valence-electron chi connectivity index (χ4n) is 2.42. The first-order chi connectivity index (χ1) is 10.6. The van der Waals surface area contributed by atoms with Crippen molar-refractivity contribution in [1.82, 2.24) is 15.5 Å². The maximum absolute atomic E-state index is 12.0. The molecule has 1 heterocycles. The number of aliphatic imine (C=N–C) groups is 1. The summed E-state index contributed by atoms with van der Waals surface area (Å²) in [4.78, 5) is 18.1. The van der Waals surface area contributed by atoms with E-state index in [9.17, 15) is 4.79 Å². The van der Waals surface area contributed by atoms with Gasteiger partial charge in [0, 0.05) is 45.2 Å². The van der Waals surface area contributed by atoms with Crippen LogP contribution in [0.4, 0.5) is 0 Å². The third kappa shape index (κ3) is 8.74. The monoisotopic (exact) mass is 440 g/mol. The molecule has 1 atom stereocenters. The van der Waals surface area contributed by atoms with Crippen molar-refractivity contribution < 1.29 is 9.53 Å². The Balaban J connectivity index is 0.00000484. The first-order valence-corrected chi connectivity index (χ1v) is 8.42. The summed E-state index contributed by atoms with van der Waals surface area (Å²) in [5, 5.41) is 6.63. The van der Waals surface area contributed by atoms with Crippen molar-refractivity contribution >= 4 is 35.8 Å². The van der Waals surface area contributed by atoms with Gasteiger partial charge in [-0.25, -0.2) is 0 Å². The molecule has 0 spiro atoms. The molecule has 1 unspecified atom stereocenters. The topological polar surface area (TPSA) is 66.0 Å². The molecule has 23 heavy (non-hydrogen) atoms. The largest absolute Gasteiger partial charge is 0.380 e. The van der Waals surface area contributed by atoms with Crippen molar-refractivity contribution in [2.45, 2.75) is 46.1 Å². The number of unbranched alkanes of at least 4 members (excludes halogenated alkanes) is 1. The molecule has 0 saturated carbocycles. The van der Waals surface area contributed by atoms with Gasteiger partial charge in [-0.3, -0.25) is 9.79 Å². The highest BCUT2D eigenvalue weighted by atomic mass is 127. The number of carbonyl (C=O) groups excluding carboxylic acids is 1. The molecule has 6 nitrogen and oxygen atoms in total. The Labute approximate surface area is 157 Å². The van der Waals surface area contributed by atoms with E-state index in [4.69, 9.17) is 4.74 Å². The zero-order chi connectivity index (χ0) is 16.4. The number of amides is 1. The van der Waals surface area contributed by atoms with Crippen molar-refractivity contribution in [1.29, 1.82) is 0 Å². The van der Waals surface area contributed by atoms with Crippen LogP contribution in [0.5, 0.6) is 0 Å². The van der Waals surface area contributed by atoms with E-state index in [0.717, 1.165) is 51.5 Å². The van der Waals surface area contributed by atoms with Gasteiger partial charge in [0.25, 0.3) is 0 Å². The van der Waals surface area contributed by atoms with Gasteiger partial charge in [0.05, 0.1) is 6.61 Å². The van der Waals surface area contributed by atoms with Gasteiger partial charge < -0.3 is 20.3 Å². The predicted molar refractivity (Wildman–Crippen MR) is 105 cm³/mol. The normalized spacial score (nSPS) is 18.0. The molecule has 1 aliphatic rings. The second-order valence-corrected chi connectivity index (χ2v) is 6.03. The maximum Gasteiger partial charge on any atom is 0.225 e. The third-order valence-electron chi connectivity index (χ3n) is 3.74. The van der Waals surface area contributed by atoms with Crippen molar-refractivity contribution in [3.63, 3.8) is 0 Å². The number of likely N-dealkylation sites (tertiary alicyclic amines) is 1. The van der Waals surface area contributed by atoms with E-state index in [2.05, 4.69) is 22.5 Å². The van der Waals surface area contributed by atoms with E-state index in [1.165, 1.54) is 0 Å². The zero-order valence-corrected chi connectivity index (χ0v) is 17.3. The van der Waals surface area contributed by atoms with E-state index < -0.39 is 0 Å². The van der Waals surface area contributed by atoms with E-state index in [-0.39, 0.29) is 41.8 Å². The lowest BCUT2D eigenvalue weighted by atomic mass is 10.2. The van der Waals surface area contributed by atoms with Crippen molar-refractivity contribution in [3.8, 4) is 0 Å². The highest BCUT2D eigenvalue weighted by molar-refractivity contribution is 14.0. The van der Waals surface area contributed by atoms with Gasteiger partial charge >= 0.3 is 0 Å². The second-order valence-electron chi connectivity index (χ2n) is 6.03. The lowest BCUT2D eigenvalue weighted by molar-refractivity contribution is -0.133. The summed E-state index contributed by atoms with van der Waals surface area (Å²) in [6.07, 6.45) is 3.23. The van der Waals surface area contributed by atoms with E-state index in [1.807, 2.05) is 18.7 Å². The van der Waals surface area contributed by atoms with Crippen molar-refractivity contribution in [2.75, 3.05) is 39.9 Å². The Kier molecular flexibility index (Phi) is 12.5. The predicted octanol–water partition coefficient (Wildman–Crippen LogP) is 1.84. The number of nitrogens with zero attached hydrogens (tertiary/aromatic N) is 2. The van der Waals surface area contributed by atoms with E-state index in [0.29, 0.717) is 6.61 Å². The molecule has 1 amide bonds. The van der Waals surface area contributed by atoms with Crippen LogP contribution in [0, 0.1) is 5.92 Å². The summed E-state index contributed by atoms with van der Waals surface area (Å²) in [7, 11) is 1.76. The first kappa shape index (κ1) is 22.4. The van der Waals surface area contributed by atoms with Gasteiger partial charge in [-0.05, 0) is 12.8 Å². The number of hydrogen-bond donors (Lipinski definition) is 2. The van der Waals surface area contributed by atoms with Gasteiger partial charge in [0.2, 0.25) is 5.91 Å². The summed E-state index contributed by atoms with van der Waals surface area (Å²) >= 11 is 0. The van der Waals surface area contributed by atoms with Crippen LogP contribution in [0.1, 0.15) is 40.0 Å². The number of hydrogen-bond acceptors (Lipinski definition) is 3. The lowest BCUT2D eigenvalue weighted by Crippen LogP contribution is -2.46. The minimum atomic E-state index is 0. The molecule has 2 N–H and O–H groups in total. The highest BCUT2D eigenvalue weighted by Gasteiger charge is 2.27. The Hall–Kier alpha value is -0.570. The van der Waals surface area contributed by atoms with Gasteiger partial charge in [0.15, 0.2) is 5.96 Å². The number of ether oxygens (including phenoxy) is 1. The Morgan fingerprint density at radius 1 is 1.39 bits per heavy atom. The van der Waals surface area contributed by atoms with Crippen LogP contribution in [-0.2, 0) is 9.53 Å². The fraction of sp³-hybridized carbons (Fsp3) is 0.875. The Morgan fingerprint density at radius 2 is 2.13 bits per heavy atom. The molecular formula is C16H33IN4O2. The van der Waals surface area contributed by atoms with Crippen LogP contribution in [0.25, 0.3) is 0 Å². The molecule has 1 saturated heterocycles. The molecule has 0 aromatic rings. The maximum atomic E-state index is 12.0. The van der Waals surface area contributed by atoms with Crippen molar-refractivity contribution in [3.05, 3.63) is 0 Å². The van der Waals surface area contributed by atoms with Crippen LogP contribution in [0.2, 0.25) is 0 Å². The molecule has 0 aromatic carbocycles. The average Bonchev–Trinajstić information content (AvgIpc) is 2.97. The first-order valence-electron chi connectivity index (χ1n) is 8.42. The Morgan fingerprint density at radius 3 is 2.74 bits per heavy atom. The van der Waals surface area contributed by atoms with Gasteiger partial charge in [0.1, 0.15) is 0 Å². The quantitative estimate of drug-likeness (QED) is 0.262. The lowest BCUT2D eigenvalue weighted by Gasteiger charge is -2.20. The fourth-order valence-corrected chi connectivity index (χ4v) is 2.42.